The van der Waals surface area contributed by atoms with Crippen molar-refractivity contribution in [1.82, 2.24) is 10.7 Å². The average Bonchev–Trinajstić information content (AvgIpc) is 2.81. The summed E-state index contributed by atoms with van der Waals surface area (Å²) < 4.78 is 0. The van der Waals surface area contributed by atoms with E-state index in [2.05, 4.69) is 16.8 Å². The van der Waals surface area contributed by atoms with E-state index in [1.165, 1.54) is 0 Å². The molecule has 0 radical (unpaired) electrons. The third kappa shape index (κ3) is 1.73. The molecule has 15 heavy (non-hydrogen) atoms. The second-order valence-corrected chi connectivity index (χ2v) is 3.51. The van der Waals surface area contributed by atoms with Crippen molar-refractivity contribution in [2.45, 2.75) is 19.3 Å². The summed E-state index contributed by atoms with van der Waals surface area (Å²) in [6.45, 7) is 0. The molecule has 0 bridgehead atoms. The quantitative estimate of drug-likeness (QED) is 0.350. The van der Waals surface area contributed by atoms with Crippen molar-refractivity contribution in [2.24, 2.45) is 5.84 Å². The molecular weight excluding hydrogens is 190 g/mol. The maximum Gasteiger partial charge on any atom is 0.151 e. The molecule has 0 atom stereocenters. The number of hydrogen-bond acceptors (Lipinski definition) is 4. The van der Waals surface area contributed by atoms with E-state index in [1.807, 2.05) is 12.0 Å². The van der Waals surface area contributed by atoms with Crippen molar-refractivity contribution in [3.8, 4) is 0 Å². The van der Waals surface area contributed by atoms with Crippen LogP contribution in [0.1, 0.15) is 19.3 Å². The SMILES string of the molecule is NNC1=C(C2=CCCC2)C(=C=O)NC=C1. The van der Waals surface area contributed by atoms with Gasteiger partial charge in [-0.05, 0) is 30.9 Å². The molecule has 0 aromatic carbocycles. The maximum absolute atomic E-state index is 10.8. The van der Waals surface area contributed by atoms with Gasteiger partial charge in [0, 0.05) is 11.8 Å². The number of dihydropyridines is 1. The molecule has 2 rings (SSSR count). The van der Waals surface area contributed by atoms with Crippen molar-refractivity contribution in [3.05, 3.63) is 40.9 Å². The molecule has 1 aliphatic carbocycles. The Balaban J connectivity index is 2.48. The Morgan fingerprint density at radius 3 is 3.00 bits per heavy atom. The fraction of sp³-hybridized carbons (Fsp3) is 0.273. The zero-order chi connectivity index (χ0) is 10.7. The van der Waals surface area contributed by atoms with Gasteiger partial charge in [0.25, 0.3) is 0 Å². The van der Waals surface area contributed by atoms with Crippen LogP contribution in [0.4, 0.5) is 0 Å². The first kappa shape index (κ1) is 9.77. The lowest BCUT2D eigenvalue weighted by atomic mass is 9.98. The Hall–Kier alpha value is -1.77. The normalized spacial score (nSPS) is 19.8. The minimum Gasteiger partial charge on any atom is -0.352 e. The van der Waals surface area contributed by atoms with E-state index in [0.717, 1.165) is 36.1 Å². The Bertz CT molecular complexity index is 412. The molecule has 1 heterocycles. The number of nitrogens with two attached hydrogens (primary N) is 1. The van der Waals surface area contributed by atoms with Crippen LogP contribution in [0.15, 0.2) is 40.9 Å². The Kier molecular flexibility index (Phi) is 2.72. The van der Waals surface area contributed by atoms with Gasteiger partial charge in [-0.2, -0.15) is 0 Å². The molecular formula is C11H13N3O. The molecule has 4 nitrogen and oxygen atoms in total. The molecule has 0 fully saturated rings. The van der Waals surface area contributed by atoms with Gasteiger partial charge >= 0.3 is 0 Å². The van der Waals surface area contributed by atoms with Crippen LogP contribution < -0.4 is 16.6 Å². The van der Waals surface area contributed by atoms with Crippen LogP contribution in [0.3, 0.4) is 0 Å². The van der Waals surface area contributed by atoms with Gasteiger partial charge in [0.2, 0.25) is 0 Å². The summed E-state index contributed by atoms with van der Waals surface area (Å²) in [7, 11) is 0. The fourth-order valence-electron chi connectivity index (χ4n) is 1.93. The predicted octanol–water partition coefficient (Wildman–Crippen LogP) is 0.646. The third-order valence-corrected chi connectivity index (χ3v) is 2.62. The summed E-state index contributed by atoms with van der Waals surface area (Å²) in [6, 6.07) is 0. The summed E-state index contributed by atoms with van der Waals surface area (Å²) in [5.41, 5.74) is 5.85. The Labute approximate surface area is 88.2 Å². The minimum absolute atomic E-state index is 0.457. The van der Waals surface area contributed by atoms with Gasteiger partial charge in [-0.1, -0.05) is 6.08 Å². The van der Waals surface area contributed by atoms with Gasteiger partial charge in [-0.3, -0.25) is 5.84 Å². The largest absolute Gasteiger partial charge is 0.352 e. The molecule has 0 saturated heterocycles. The molecule has 0 saturated carbocycles. The van der Waals surface area contributed by atoms with E-state index in [-0.39, 0.29) is 0 Å². The lowest BCUT2D eigenvalue weighted by Gasteiger charge is -2.18. The summed E-state index contributed by atoms with van der Waals surface area (Å²) in [5, 5.41) is 2.88. The van der Waals surface area contributed by atoms with Crippen LogP contribution in [-0.2, 0) is 4.79 Å². The zero-order valence-corrected chi connectivity index (χ0v) is 8.34. The van der Waals surface area contributed by atoms with Crippen LogP contribution in [0.2, 0.25) is 0 Å². The molecule has 78 valence electrons. The van der Waals surface area contributed by atoms with Gasteiger partial charge in [0.05, 0.1) is 5.70 Å². The van der Waals surface area contributed by atoms with Crippen LogP contribution >= 0.6 is 0 Å². The maximum atomic E-state index is 10.8. The number of allylic oxidation sites excluding steroid dienone is 3. The van der Waals surface area contributed by atoms with E-state index in [9.17, 15) is 4.79 Å². The summed E-state index contributed by atoms with van der Waals surface area (Å²) in [6.07, 6.45) is 8.81. The summed E-state index contributed by atoms with van der Waals surface area (Å²) >= 11 is 0. The molecule has 0 aromatic heterocycles. The molecule has 0 aromatic rings. The van der Waals surface area contributed by atoms with Crippen molar-refractivity contribution >= 4 is 5.94 Å². The van der Waals surface area contributed by atoms with Gasteiger partial charge < -0.3 is 10.7 Å². The first-order chi connectivity index (χ1) is 7.36. The van der Waals surface area contributed by atoms with E-state index < -0.39 is 0 Å². The highest BCUT2D eigenvalue weighted by molar-refractivity contribution is 5.68. The second kappa shape index (κ2) is 4.17. The van der Waals surface area contributed by atoms with E-state index in [4.69, 9.17) is 5.84 Å². The lowest BCUT2D eigenvalue weighted by molar-refractivity contribution is 0.566. The smallest absolute Gasteiger partial charge is 0.151 e. The topological polar surface area (TPSA) is 67.1 Å². The van der Waals surface area contributed by atoms with Gasteiger partial charge in [-0.15, -0.1) is 0 Å². The van der Waals surface area contributed by atoms with Crippen molar-refractivity contribution < 1.29 is 4.79 Å². The zero-order valence-electron chi connectivity index (χ0n) is 8.34. The second-order valence-electron chi connectivity index (χ2n) is 3.51. The van der Waals surface area contributed by atoms with E-state index >= 15 is 0 Å². The molecule has 0 amide bonds. The molecule has 2 aliphatic rings. The number of carbonyl (C=O) groups excluding carboxylic acids is 1. The number of rotatable bonds is 2. The van der Waals surface area contributed by atoms with E-state index in [0.29, 0.717) is 5.70 Å². The molecule has 0 spiro atoms. The van der Waals surface area contributed by atoms with Crippen molar-refractivity contribution in [1.29, 1.82) is 0 Å². The average molecular weight is 203 g/mol. The van der Waals surface area contributed by atoms with Crippen LogP contribution in [0.5, 0.6) is 0 Å². The standard InChI is InChI=1S/C11H13N3O/c12-14-9-5-6-13-10(7-15)11(9)8-3-1-2-4-8/h3,5-6,13-14H,1-2,4,12H2. The van der Waals surface area contributed by atoms with Gasteiger partial charge in [0.1, 0.15) is 5.70 Å². The molecule has 4 heteroatoms. The first-order valence-electron chi connectivity index (χ1n) is 4.95. The lowest BCUT2D eigenvalue weighted by Crippen LogP contribution is -2.27. The molecule has 1 aliphatic heterocycles. The summed E-state index contributed by atoms with van der Waals surface area (Å²) in [4.78, 5) is 10.8. The van der Waals surface area contributed by atoms with Gasteiger partial charge in [-0.25, -0.2) is 4.79 Å². The number of hydrogen-bond donors (Lipinski definition) is 3. The monoisotopic (exact) mass is 203 g/mol. The fourth-order valence-corrected chi connectivity index (χ4v) is 1.93. The Morgan fingerprint density at radius 1 is 1.53 bits per heavy atom. The highest BCUT2D eigenvalue weighted by Gasteiger charge is 2.20. The number of nitrogens with one attached hydrogen (secondary N) is 2. The minimum atomic E-state index is 0.457. The highest BCUT2D eigenvalue weighted by Crippen LogP contribution is 2.30. The molecule has 0 unspecified atom stereocenters. The van der Waals surface area contributed by atoms with E-state index in [1.54, 1.807) is 6.20 Å². The Morgan fingerprint density at radius 2 is 2.40 bits per heavy atom. The summed E-state index contributed by atoms with van der Waals surface area (Å²) in [5.74, 6) is 7.33. The highest BCUT2D eigenvalue weighted by atomic mass is 16.1. The third-order valence-electron chi connectivity index (χ3n) is 2.62. The van der Waals surface area contributed by atoms with Crippen molar-refractivity contribution in [2.75, 3.05) is 0 Å². The molecule has 4 N–H and O–H groups in total. The van der Waals surface area contributed by atoms with Crippen LogP contribution in [-0.4, -0.2) is 5.94 Å². The van der Waals surface area contributed by atoms with Crippen molar-refractivity contribution in [3.63, 3.8) is 0 Å². The number of hydrazine groups is 1. The predicted molar refractivity (Wildman–Crippen MR) is 57.8 cm³/mol. The first-order valence-corrected chi connectivity index (χ1v) is 4.95. The van der Waals surface area contributed by atoms with Gasteiger partial charge in [0.15, 0.2) is 5.94 Å². The van der Waals surface area contributed by atoms with Crippen LogP contribution in [0.25, 0.3) is 0 Å². The van der Waals surface area contributed by atoms with Crippen LogP contribution in [0, 0.1) is 0 Å².